The molecule has 1 atom stereocenters. The van der Waals surface area contributed by atoms with Gasteiger partial charge in [0.2, 0.25) is 15.9 Å². The van der Waals surface area contributed by atoms with E-state index >= 15 is 0 Å². The van der Waals surface area contributed by atoms with Crippen molar-refractivity contribution in [3.63, 3.8) is 0 Å². The van der Waals surface area contributed by atoms with Gasteiger partial charge in [-0.1, -0.05) is 0 Å². The number of nitrogens with zero attached hydrogens (tertiary/aromatic N) is 4. The Morgan fingerprint density at radius 2 is 1.93 bits per heavy atom. The quantitative estimate of drug-likeness (QED) is 0.745. The number of fused-ring (bicyclic) bond motifs is 1. The van der Waals surface area contributed by atoms with Crippen molar-refractivity contribution in [1.29, 1.82) is 0 Å². The van der Waals surface area contributed by atoms with Gasteiger partial charge in [0.15, 0.2) is 0 Å². The van der Waals surface area contributed by atoms with E-state index < -0.39 is 15.8 Å². The number of anilines is 1. The minimum Gasteiger partial charge on any atom is -0.300 e. The van der Waals surface area contributed by atoms with E-state index in [1.54, 1.807) is 18.9 Å². The van der Waals surface area contributed by atoms with Gasteiger partial charge in [-0.05, 0) is 56.9 Å². The van der Waals surface area contributed by atoms with Crippen LogP contribution in [0.3, 0.4) is 0 Å². The number of piperidine rings is 1. The topological polar surface area (TPSA) is 83.5 Å². The van der Waals surface area contributed by atoms with Crippen LogP contribution in [-0.4, -0.2) is 48.7 Å². The van der Waals surface area contributed by atoms with Gasteiger partial charge in [0.25, 0.3) is 0 Å². The summed E-state index contributed by atoms with van der Waals surface area (Å²) in [5.74, 6) is 0.628. The summed E-state index contributed by atoms with van der Waals surface area (Å²) in [6.45, 7) is 4.12. The predicted molar refractivity (Wildman–Crippen MR) is 110 cm³/mol. The third-order valence-electron chi connectivity index (χ3n) is 6.01. The third-order valence-corrected chi connectivity index (χ3v) is 7.87. The molecule has 0 bridgehead atoms. The van der Waals surface area contributed by atoms with Gasteiger partial charge in [-0.25, -0.2) is 22.8 Å². The summed E-state index contributed by atoms with van der Waals surface area (Å²) in [5, 5.41) is 0. The van der Waals surface area contributed by atoms with Gasteiger partial charge in [0, 0.05) is 43.7 Å². The Morgan fingerprint density at radius 1 is 1.17 bits per heavy atom. The number of sulfonamides is 1. The van der Waals surface area contributed by atoms with Crippen LogP contribution in [0.25, 0.3) is 0 Å². The number of carbonyl (C=O) groups is 1. The first kappa shape index (κ1) is 20.9. The first-order chi connectivity index (χ1) is 14.2. The van der Waals surface area contributed by atoms with Gasteiger partial charge in [-0.2, -0.15) is 4.31 Å². The van der Waals surface area contributed by atoms with Crippen LogP contribution in [0.1, 0.15) is 47.8 Å². The van der Waals surface area contributed by atoms with E-state index in [2.05, 4.69) is 9.97 Å². The first-order valence-corrected chi connectivity index (χ1v) is 11.5. The van der Waals surface area contributed by atoms with Crippen LogP contribution >= 0.6 is 0 Å². The lowest BCUT2D eigenvalue weighted by atomic mass is 9.97. The highest BCUT2D eigenvalue weighted by atomic mass is 32.2. The predicted octanol–water partition coefficient (Wildman–Crippen LogP) is 2.71. The molecular formula is C21H25FN4O3S. The Balaban J connectivity index is 1.64. The van der Waals surface area contributed by atoms with Gasteiger partial charge in [-0.3, -0.25) is 9.69 Å². The van der Waals surface area contributed by atoms with Crippen LogP contribution in [0.4, 0.5) is 10.2 Å². The molecule has 9 heteroatoms. The minimum absolute atomic E-state index is 0.0195. The molecule has 4 rings (SSSR count). The molecule has 2 aliphatic rings. The van der Waals surface area contributed by atoms with Gasteiger partial charge in [0.05, 0.1) is 4.90 Å². The van der Waals surface area contributed by atoms with Crippen LogP contribution in [0, 0.1) is 19.7 Å². The first-order valence-electron chi connectivity index (χ1n) is 10.1. The lowest BCUT2D eigenvalue weighted by Gasteiger charge is -2.32. The number of hydrogen-bond acceptors (Lipinski definition) is 5. The maximum atomic E-state index is 13.6. The third kappa shape index (κ3) is 3.60. The van der Waals surface area contributed by atoms with Gasteiger partial charge in [-0.15, -0.1) is 0 Å². The number of hydrogen-bond donors (Lipinski definition) is 0. The Bertz CT molecular complexity index is 1120. The second-order valence-corrected chi connectivity index (χ2v) is 9.97. The number of benzene rings is 1. The molecule has 160 valence electrons. The fourth-order valence-corrected chi connectivity index (χ4v) is 5.78. The smallest absolute Gasteiger partial charge is 0.243 e. The molecule has 1 saturated heterocycles. The van der Waals surface area contributed by atoms with Crippen LogP contribution in [0.5, 0.6) is 0 Å². The van der Waals surface area contributed by atoms with E-state index in [9.17, 15) is 17.6 Å². The highest BCUT2D eigenvalue weighted by molar-refractivity contribution is 7.89. The Labute approximate surface area is 176 Å². The molecule has 1 aromatic carbocycles. The van der Waals surface area contributed by atoms with Crippen molar-refractivity contribution in [2.45, 2.75) is 50.3 Å². The Morgan fingerprint density at radius 3 is 2.67 bits per heavy atom. The summed E-state index contributed by atoms with van der Waals surface area (Å²) < 4.78 is 41.3. The number of halogens is 1. The second kappa shape index (κ2) is 7.70. The van der Waals surface area contributed by atoms with Crippen LogP contribution in [-0.2, 0) is 21.2 Å². The molecule has 1 fully saturated rings. The summed E-state index contributed by atoms with van der Waals surface area (Å²) in [5.41, 5.74) is 2.11. The van der Waals surface area contributed by atoms with E-state index in [4.69, 9.17) is 0 Å². The Hall–Kier alpha value is -2.39. The minimum atomic E-state index is -3.74. The molecule has 0 aliphatic carbocycles. The summed E-state index contributed by atoms with van der Waals surface area (Å²) in [6.07, 6.45) is 2.52. The largest absolute Gasteiger partial charge is 0.300 e. The molecule has 0 N–H and O–H groups in total. The molecule has 0 spiro atoms. The van der Waals surface area contributed by atoms with Crippen molar-refractivity contribution in [3.8, 4) is 0 Å². The van der Waals surface area contributed by atoms with Crippen molar-refractivity contribution in [1.82, 2.24) is 14.3 Å². The SMILES string of the molecule is Cc1cc(S(=O)(=O)N2CCCC(c3nc(C)c4c(n3)N(C)C(=O)CC4)C2)ccc1F. The molecule has 0 radical (unpaired) electrons. The van der Waals surface area contributed by atoms with Crippen LogP contribution in [0.2, 0.25) is 0 Å². The zero-order valence-electron chi connectivity index (χ0n) is 17.4. The molecule has 30 heavy (non-hydrogen) atoms. The fraction of sp³-hybridized carbons (Fsp3) is 0.476. The monoisotopic (exact) mass is 432 g/mol. The zero-order valence-corrected chi connectivity index (χ0v) is 18.2. The lowest BCUT2D eigenvalue weighted by Crippen LogP contribution is -2.40. The van der Waals surface area contributed by atoms with Crippen LogP contribution in [0.15, 0.2) is 23.1 Å². The highest BCUT2D eigenvalue weighted by Crippen LogP contribution is 2.33. The normalized spacial score (nSPS) is 20.3. The van der Waals surface area contributed by atoms with Gasteiger partial charge < -0.3 is 0 Å². The van der Waals surface area contributed by atoms with Crippen molar-refractivity contribution in [2.75, 3.05) is 25.0 Å². The maximum Gasteiger partial charge on any atom is 0.243 e. The molecule has 0 saturated carbocycles. The fourth-order valence-electron chi connectivity index (χ4n) is 4.17. The molecule has 1 amide bonds. The van der Waals surface area contributed by atoms with Crippen molar-refractivity contribution < 1.29 is 17.6 Å². The van der Waals surface area contributed by atoms with E-state index in [1.807, 2.05) is 6.92 Å². The standard InChI is InChI=1S/C21H25FN4O3S/c1-13-11-16(6-8-18(13)22)30(28,29)26-10-4-5-15(12-26)20-23-14(2)17-7-9-19(27)25(3)21(17)24-20/h6,8,11,15H,4-5,7,9-10,12H2,1-3H3. The van der Waals surface area contributed by atoms with E-state index in [0.717, 1.165) is 17.7 Å². The van der Waals surface area contributed by atoms with Gasteiger partial charge in [0.1, 0.15) is 17.5 Å². The van der Waals surface area contributed by atoms with E-state index in [-0.39, 0.29) is 23.3 Å². The average molecular weight is 433 g/mol. The molecule has 7 nitrogen and oxygen atoms in total. The van der Waals surface area contributed by atoms with Crippen molar-refractivity contribution in [3.05, 3.63) is 46.7 Å². The van der Waals surface area contributed by atoms with Crippen LogP contribution < -0.4 is 4.90 Å². The van der Waals surface area contributed by atoms with Crippen molar-refractivity contribution >= 4 is 21.7 Å². The molecule has 1 aromatic heterocycles. The summed E-state index contributed by atoms with van der Waals surface area (Å²) in [4.78, 5) is 23.1. The summed E-state index contributed by atoms with van der Waals surface area (Å²) in [7, 11) is -2.03. The molecular weight excluding hydrogens is 407 g/mol. The van der Waals surface area contributed by atoms with E-state index in [0.29, 0.717) is 43.0 Å². The molecule has 1 unspecified atom stereocenters. The summed E-state index contributed by atoms with van der Waals surface area (Å²) in [6, 6.07) is 3.86. The van der Waals surface area contributed by atoms with Gasteiger partial charge >= 0.3 is 0 Å². The summed E-state index contributed by atoms with van der Waals surface area (Å²) >= 11 is 0. The number of rotatable bonds is 3. The molecule has 2 aliphatic heterocycles. The number of aryl methyl sites for hydroxylation is 2. The molecule has 3 heterocycles. The highest BCUT2D eigenvalue weighted by Gasteiger charge is 2.34. The van der Waals surface area contributed by atoms with E-state index in [1.165, 1.54) is 22.5 Å². The maximum absolute atomic E-state index is 13.6. The number of aromatic nitrogens is 2. The van der Waals surface area contributed by atoms with Crippen molar-refractivity contribution in [2.24, 2.45) is 0 Å². The second-order valence-electron chi connectivity index (χ2n) is 8.04. The Kier molecular flexibility index (Phi) is 5.36. The molecule has 2 aromatic rings. The lowest BCUT2D eigenvalue weighted by molar-refractivity contribution is -0.118. The number of carbonyl (C=O) groups excluding carboxylic acids is 1. The zero-order chi connectivity index (χ0) is 21.6. The average Bonchev–Trinajstić information content (AvgIpc) is 2.73. The number of amides is 1.